The van der Waals surface area contributed by atoms with Crippen molar-refractivity contribution in [2.45, 2.75) is 36.5 Å². The van der Waals surface area contributed by atoms with E-state index in [1.54, 1.807) is 48.5 Å². The number of hydrogen-bond donors (Lipinski definition) is 0. The van der Waals surface area contributed by atoms with Gasteiger partial charge in [-0.2, -0.15) is 0 Å². The van der Waals surface area contributed by atoms with Gasteiger partial charge >= 0.3 is 0 Å². The maximum Gasteiger partial charge on any atom is 0.206 e. The zero-order valence-corrected chi connectivity index (χ0v) is 14.3. The molecule has 0 saturated heterocycles. The minimum absolute atomic E-state index is 0.253. The quantitative estimate of drug-likeness (QED) is 0.729. The monoisotopic (exact) mass is 334 g/mol. The summed E-state index contributed by atoms with van der Waals surface area (Å²) >= 11 is 0. The van der Waals surface area contributed by atoms with Gasteiger partial charge in [0.15, 0.2) is 0 Å². The predicted octanol–water partition coefficient (Wildman–Crippen LogP) is 4.10. The summed E-state index contributed by atoms with van der Waals surface area (Å²) in [5.74, 6) is 1.35. The summed E-state index contributed by atoms with van der Waals surface area (Å²) in [6.07, 6.45) is 1.82. The molecule has 0 aliphatic rings. The molecule has 5 heteroatoms. The first-order chi connectivity index (χ1) is 11.1. The Bertz CT molecular complexity index is 646. The van der Waals surface area contributed by atoms with Crippen molar-refractivity contribution < 1.29 is 17.9 Å². The fraction of sp³-hybridized carbons (Fsp3) is 0.333. The molecule has 0 amide bonds. The van der Waals surface area contributed by atoms with E-state index in [1.807, 2.05) is 13.8 Å². The van der Waals surface area contributed by atoms with Crippen molar-refractivity contribution in [3.63, 3.8) is 0 Å². The molecular weight excluding hydrogens is 312 g/mol. The second-order valence-corrected chi connectivity index (χ2v) is 7.09. The van der Waals surface area contributed by atoms with E-state index >= 15 is 0 Å². The molecule has 0 unspecified atom stereocenters. The average molecular weight is 334 g/mol. The number of ether oxygens (including phenoxy) is 2. The van der Waals surface area contributed by atoms with Crippen molar-refractivity contribution in [3.8, 4) is 11.5 Å². The third kappa shape index (κ3) is 4.48. The van der Waals surface area contributed by atoms with E-state index in [4.69, 9.17) is 9.47 Å². The van der Waals surface area contributed by atoms with Crippen LogP contribution in [-0.4, -0.2) is 21.6 Å². The van der Waals surface area contributed by atoms with Crippen LogP contribution in [0.4, 0.5) is 0 Å². The molecule has 0 spiro atoms. The van der Waals surface area contributed by atoms with Crippen LogP contribution in [0, 0.1) is 0 Å². The van der Waals surface area contributed by atoms with Crippen LogP contribution in [0.25, 0.3) is 0 Å². The first kappa shape index (κ1) is 17.3. The summed E-state index contributed by atoms with van der Waals surface area (Å²) in [7, 11) is -3.52. The predicted molar refractivity (Wildman–Crippen MR) is 89.9 cm³/mol. The summed E-state index contributed by atoms with van der Waals surface area (Å²) in [5, 5.41) is 0. The number of sulfone groups is 1. The number of benzene rings is 2. The lowest BCUT2D eigenvalue weighted by Crippen LogP contribution is -2.03. The zero-order valence-electron chi connectivity index (χ0n) is 13.5. The molecular formula is C18H22O4S. The maximum atomic E-state index is 12.6. The summed E-state index contributed by atoms with van der Waals surface area (Å²) in [4.78, 5) is 0.507. The number of hydrogen-bond acceptors (Lipinski definition) is 4. The molecule has 124 valence electrons. The standard InChI is InChI=1S/C18H22O4S/c1-3-13-21-15-5-9-17(10-6-15)23(19,20)18-11-7-16(8-12-18)22-14-4-2/h5-12H,3-4,13-14H2,1-2H3. The largest absolute Gasteiger partial charge is 0.494 e. The Balaban J connectivity index is 2.17. The molecule has 2 rings (SSSR count). The smallest absolute Gasteiger partial charge is 0.206 e. The van der Waals surface area contributed by atoms with E-state index in [2.05, 4.69) is 0 Å². The van der Waals surface area contributed by atoms with Gasteiger partial charge in [0, 0.05) is 0 Å². The van der Waals surface area contributed by atoms with E-state index < -0.39 is 9.84 Å². The van der Waals surface area contributed by atoms with Crippen molar-refractivity contribution >= 4 is 9.84 Å². The van der Waals surface area contributed by atoms with Crippen molar-refractivity contribution in [2.75, 3.05) is 13.2 Å². The van der Waals surface area contributed by atoms with Gasteiger partial charge in [-0.15, -0.1) is 0 Å². The Morgan fingerprint density at radius 1 is 0.696 bits per heavy atom. The molecule has 0 saturated carbocycles. The zero-order chi connectivity index (χ0) is 16.7. The Morgan fingerprint density at radius 2 is 1.04 bits per heavy atom. The van der Waals surface area contributed by atoms with Crippen LogP contribution >= 0.6 is 0 Å². The highest BCUT2D eigenvalue weighted by molar-refractivity contribution is 7.91. The Hall–Kier alpha value is -2.01. The van der Waals surface area contributed by atoms with Crippen LogP contribution in [0.5, 0.6) is 11.5 Å². The lowest BCUT2D eigenvalue weighted by atomic mass is 10.3. The van der Waals surface area contributed by atoms with Gasteiger partial charge in [-0.05, 0) is 61.4 Å². The molecule has 2 aromatic carbocycles. The molecule has 0 N–H and O–H groups in total. The first-order valence-electron chi connectivity index (χ1n) is 7.78. The number of rotatable bonds is 8. The normalized spacial score (nSPS) is 11.2. The Kier molecular flexibility index (Phi) is 6.04. The van der Waals surface area contributed by atoms with Gasteiger partial charge in [0.05, 0.1) is 23.0 Å². The summed E-state index contributed by atoms with van der Waals surface area (Å²) in [6.45, 7) is 5.27. The maximum absolute atomic E-state index is 12.6. The van der Waals surface area contributed by atoms with Gasteiger partial charge in [-0.3, -0.25) is 0 Å². The molecule has 2 aromatic rings. The highest BCUT2D eigenvalue weighted by Crippen LogP contribution is 2.25. The van der Waals surface area contributed by atoms with Crippen molar-refractivity contribution in [1.29, 1.82) is 0 Å². The van der Waals surface area contributed by atoms with Crippen LogP contribution in [0.15, 0.2) is 58.3 Å². The van der Waals surface area contributed by atoms with E-state index in [1.165, 1.54) is 0 Å². The molecule has 0 atom stereocenters. The molecule has 0 radical (unpaired) electrons. The van der Waals surface area contributed by atoms with E-state index in [-0.39, 0.29) is 9.79 Å². The van der Waals surface area contributed by atoms with E-state index in [9.17, 15) is 8.42 Å². The van der Waals surface area contributed by atoms with Crippen LogP contribution < -0.4 is 9.47 Å². The lowest BCUT2D eigenvalue weighted by Gasteiger charge is -2.08. The first-order valence-corrected chi connectivity index (χ1v) is 9.27. The second-order valence-electron chi connectivity index (χ2n) is 5.14. The van der Waals surface area contributed by atoms with Crippen LogP contribution in [-0.2, 0) is 9.84 Å². The second kappa shape index (κ2) is 8.02. The lowest BCUT2D eigenvalue weighted by molar-refractivity contribution is 0.317. The highest BCUT2D eigenvalue weighted by atomic mass is 32.2. The minimum atomic E-state index is -3.52. The molecule has 0 heterocycles. The van der Waals surface area contributed by atoms with Gasteiger partial charge in [-0.1, -0.05) is 13.8 Å². The molecule has 0 aromatic heterocycles. The van der Waals surface area contributed by atoms with Gasteiger partial charge < -0.3 is 9.47 Å². The molecule has 0 fully saturated rings. The summed E-state index contributed by atoms with van der Waals surface area (Å²) in [5.41, 5.74) is 0. The molecule has 0 aliphatic heterocycles. The average Bonchev–Trinajstić information content (AvgIpc) is 2.59. The summed E-state index contributed by atoms with van der Waals surface area (Å²) in [6, 6.07) is 13.0. The Labute approximate surface area is 138 Å². The highest BCUT2D eigenvalue weighted by Gasteiger charge is 2.17. The van der Waals surface area contributed by atoms with Crippen LogP contribution in [0.3, 0.4) is 0 Å². The molecule has 0 aliphatic carbocycles. The van der Waals surface area contributed by atoms with Crippen LogP contribution in [0.1, 0.15) is 26.7 Å². The summed E-state index contributed by atoms with van der Waals surface area (Å²) < 4.78 is 36.1. The molecule has 0 bridgehead atoms. The molecule has 4 nitrogen and oxygen atoms in total. The van der Waals surface area contributed by atoms with Gasteiger partial charge in [-0.25, -0.2) is 8.42 Å². The van der Waals surface area contributed by atoms with E-state index in [0.717, 1.165) is 12.8 Å². The third-order valence-electron chi connectivity index (χ3n) is 3.21. The topological polar surface area (TPSA) is 52.6 Å². The minimum Gasteiger partial charge on any atom is -0.494 e. The Morgan fingerprint density at radius 3 is 1.35 bits per heavy atom. The van der Waals surface area contributed by atoms with Gasteiger partial charge in [0.1, 0.15) is 11.5 Å². The van der Waals surface area contributed by atoms with Crippen LogP contribution in [0.2, 0.25) is 0 Å². The van der Waals surface area contributed by atoms with Crippen molar-refractivity contribution in [1.82, 2.24) is 0 Å². The fourth-order valence-electron chi connectivity index (χ4n) is 2.01. The van der Waals surface area contributed by atoms with Crippen molar-refractivity contribution in [2.24, 2.45) is 0 Å². The third-order valence-corrected chi connectivity index (χ3v) is 5.00. The SMILES string of the molecule is CCCOc1ccc(S(=O)(=O)c2ccc(OCCC)cc2)cc1. The van der Waals surface area contributed by atoms with Gasteiger partial charge in [0.25, 0.3) is 0 Å². The molecule has 23 heavy (non-hydrogen) atoms. The van der Waals surface area contributed by atoms with Crippen molar-refractivity contribution in [3.05, 3.63) is 48.5 Å². The van der Waals surface area contributed by atoms with Gasteiger partial charge in [0.2, 0.25) is 9.84 Å². The van der Waals surface area contributed by atoms with E-state index in [0.29, 0.717) is 24.7 Å². The fourth-order valence-corrected chi connectivity index (χ4v) is 3.27.